The summed E-state index contributed by atoms with van der Waals surface area (Å²) in [5.74, 6) is 0.320. The monoisotopic (exact) mass is 410 g/mol. The van der Waals surface area contributed by atoms with Crippen molar-refractivity contribution >= 4 is 11.9 Å². The number of rotatable bonds is 6. The fourth-order valence-corrected chi connectivity index (χ4v) is 5.38. The molecule has 1 N–H and O–H groups in total. The Labute approximate surface area is 179 Å². The minimum atomic E-state index is -0.667. The first kappa shape index (κ1) is 21.1. The molecule has 1 saturated carbocycles. The first-order chi connectivity index (χ1) is 14.6. The molecule has 0 radical (unpaired) electrons. The normalized spacial score (nSPS) is 22.4. The van der Waals surface area contributed by atoms with Gasteiger partial charge in [-0.1, -0.05) is 36.8 Å². The summed E-state index contributed by atoms with van der Waals surface area (Å²) in [6, 6.07) is 10.7. The fraction of sp³-hybridized carbons (Fsp3) is 0.600. The standard InChI is InChI=1S/C25H34N2O3/c1-19-22(25(30-24(19)29)12-6-3-7-13-25)23(28)26-14-17-27-15-10-21(11-16-27)18-20-8-4-2-5-9-20/h2,4-5,8-9,21H,3,6-7,10-18H2,1H3,(H,26,28). The van der Waals surface area contributed by atoms with Crippen LogP contribution >= 0.6 is 0 Å². The molecule has 0 unspecified atom stereocenters. The average Bonchev–Trinajstić information content (AvgIpc) is 2.99. The minimum Gasteiger partial charge on any atom is -0.451 e. The number of hydrogen-bond donors (Lipinski definition) is 1. The van der Waals surface area contributed by atoms with Crippen molar-refractivity contribution in [3.8, 4) is 0 Å². The second kappa shape index (κ2) is 9.34. The van der Waals surface area contributed by atoms with E-state index in [1.807, 2.05) is 0 Å². The van der Waals surface area contributed by atoms with E-state index in [-0.39, 0.29) is 11.9 Å². The summed E-state index contributed by atoms with van der Waals surface area (Å²) in [6.07, 6.45) is 8.28. The molecule has 1 aromatic carbocycles. The van der Waals surface area contributed by atoms with Crippen molar-refractivity contribution in [2.75, 3.05) is 26.2 Å². The van der Waals surface area contributed by atoms with Gasteiger partial charge >= 0.3 is 5.97 Å². The van der Waals surface area contributed by atoms with Crippen LogP contribution in [-0.2, 0) is 20.7 Å². The van der Waals surface area contributed by atoms with Gasteiger partial charge in [0.2, 0.25) is 0 Å². The number of nitrogens with one attached hydrogen (secondary N) is 1. The molecule has 0 aromatic heterocycles. The molecule has 1 aliphatic carbocycles. The van der Waals surface area contributed by atoms with Crippen LogP contribution in [0.3, 0.4) is 0 Å². The van der Waals surface area contributed by atoms with Crippen LogP contribution in [-0.4, -0.2) is 48.6 Å². The highest BCUT2D eigenvalue weighted by molar-refractivity contribution is 6.07. The number of amides is 1. The third-order valence-electron chi connectivity index (χ3n) is 7.10. The van der Waals surface area contributed by atoms with Gasteiger partial charge in [-0.25, -0.2) is 4.79 Å². The van der Waals surface area contributed by atoms with Crippen molar-refractivity contribution in [3.05, 3.63) is 47.0 Å². The molecule has 0 bridgehead atoms. The number of carbonyl (C=O) groups excluding carboxylic acids is 2. The van der Waals surface area contributed by atoms with Crippen LogP contribution in [0.4, 0.5) is 0 Å². The number of nitrogens with zero attached hydrogens (tertiary/aromatic N) is 1. The molecule has 2 fully saturated rings. The minimum absolute atomic E-state index is 0.112. The summed E-state index contributed by atoms with van der Waals surface area (Å²) < 4.78 is 5.71. The van der Waals surface area contributed by atoms with Crippen LogP contribution in [0.15, 0.2) is 41.5 Å². The zero-order valence-electron chi connectivity index (χ0n) is 18.1. The van der Waals surface area contributed by atoms with Crippen molar-refractivity contribution in [2.24, 2.45) is 5.92 Å². The van der Waals surface area contributed by atoms with Gasteiger partial charge in [0.15, 0.2) is 0 Å². The highest BCUT2D eigenvalue weighted by Gasteiger charge is 2.49. The third kappa shape index (κ3) is 4.61. The van der Waals surface area contributed by atoms with Crippen LogP contribution in [0.1, 0.15) is 57.4 Å². The summed E-state index contributed by atoms with van der Waals surface area (Å²) in [4.78, 5) is 27.6. The van der Waals surface area contributed by atoms with Crippen LogP contribution in [0.5, 0.6) is 0 Å². The molecule has 30 heavy (non-hydrogen) atoms. The molecule has 2 aliphatic heterocycles. The average molecular weight is 411 g/mol. The van der Waals surface area contributed by atoms with E-state index in [1.165, 1.54) is 18.4 Å². The lowest BCUT2D eigenvalue weighted by Crippen LogP contribution is -2.44. The van der Waals surface area contributed by atoms with Gasteiger partial charge in [-0.2, -0.15) is 0 Å². The maximum Gasteiger partial charge on any atom is 0.335 e. The van der Waals surface area contributed by atoms with Crippen molar-refractivity contribution in [1.29, 1.82) is 0 Å². The Hall–Kier alpha value is -2.14. The Morgan fingerprint density at radius 3 is 2.53 bits per heavy atom. The molecular formula is C25H34N2O3. The molecule has 0 atom stereocenters. The predicted octanol–water partition coefficient (Wildman–Crippen LogP) is 3.63. The Morgan fingerprint density at radius 1 is 1.13 bits per heavy atom. The van der Waals surface area contributed by atoms with Gasteiger partial charge in [0.1, 0.15) is 5.60 Å². The van der Waals surface area contributed by atoms with E-state index < -0.39 is 5.60 Å². The van der Waals surface area contributed by atoms with Gasteiger partial charge in [0.25, 0.3) is 5.91 Å². The summed E-state index contributed by atoms with van der Waals surface area (Å²) in [6.45, 7) is 5.38. The van der Waals surface area contributed by atoms with Gasteiger partial charge in [-0.15, -0.1) is 0 Å². The molecule has 4 rings (SSSR count). The predicted molar refractivity (Wildman–Crippen MR) is 117 cm³/mol. The molecule has 1 aromatic rings. The van der Waals surface area contributed by atoms with E-state index in [0.29, 0.717) is 17.7 Å². The van der Waals surface area contributed by atoms with Crippen LogP contribution in [0.2, 0.25) is 0 Å². The lowest BCUT2D eigenvalue weighted by atomic mass is 9.78. The molecule has 5 heteroatoms. The number of likely N-dealkylation sites (tertiary alicyclic amines) is 1. The molecule has 5 nitrogen and oxygen atoms in total. The van der Waals surface area contributed by atoms with E-state index >= 15 is 0 Å². The Bertz CT molecular complexity index is 788. The molecule has 162 valence electrons. The van der Waals surface area contributed by atoms with E-state index in [0.717, 1.165) is 64.1 Å². The fourth-order valence-electron chi connectivity index (χ4n) is 5.38. The van der Waals surface area contributed by atoms with Gasteiger partial charge in [-0.05, 0) is 76.4 Å². The van der Waals surface area contributed by atoms with Gasteiger partial charge in [0, 0.05) is 18.7 Å². The second-order valence-electron chi connectivity index (χ2n) is 9.18. The Balaban J connectivity index is 1.24. The first-order valence-electron chi connectivity index (χ1n) is 11.6. The maximum absolute atomic E-state index is 13.0. The molecule has 1 spiro atoms. The number of piperidine rings is 1. The number of ether oxygens (including phenoxy) is 1. The van der Waals surface area contributed by atoms with E-state index in [1.54, 1.807) is 6.92 Å². The third-order valence-corrected chi connectivity index (χ3v) is 7.10. The smallest absolute Gasteiger partial charge is 0.335 e. The topological polar surface area (TPSA) is 58.6 Å². The number of benzene rings is 1. The van der Waals surface area contributed by atoms with E-state index in [4.69, 9.17) is 4.74 Å². The Kier molecular flexibility index (Phi) is 6.57. The van der Waals surface area contributed by atoms with Gasteiger partial charge < -0.3 is 15.0 Å². The lowest BCUT2D eigenvalue weighted by molar-refractivity contribution is -0.149. The summed E-state index contributed by atoms with van der Waals surface area (Å²) in [5, 5.41) is 3.07. The van der Waals surface area contributed by atoms with Crippen molar-refractivity contribution in [3.63, 3.8) is 0 Å². The molecule has 1 amide bonds. The van der Waals surface area contributed by atoms with Crippen LogP contribution in [0.25, 0.3) is 0 Å². The largest absolute Gasteiger partial charge is 0.451 e. The molecule has 1 saturated heterocycles. The van der Waals surface area contributed by atoms with Crippen molar-refractivity contribution < 1.29 is 14.3 Å². The quantitative estimate of drug-likeness (QED) is 0.728. The van der Waals surface area contributed by atoms with Crippen LogP contribution in [0, 0.1) is 5.92 Å². The Morgan fingerprint density at radius 2 is 1.83 bits per heavy atom. The number of carbonyl (C=O) groups is 2. The highest BCUT2D eigenvalue weighted by atomic mass is 16.6. The van der Waals surface area contributed by atoms with E-state index in [2.05, 4.69) is 40.5 Å². The molecular weight excluding hydrogens is 376 g/mol. The maximum atomic E-state index is 13.0. The number of esters is 1. The van der Waals surface area contributed by atoms with Crippen LogP contribution < -0.4 is 5.32 Å². The zero-order valence-corrected chi connectivity index (χ0v) is 18.1. The highest BCUT2D eigenvalue weighted by Crippen LogP contribution is 2.43. The zero-order chi connectivity index (χ0) is 21.0. The second-order valence-corrected chi connectivity index (χ2v) is 9.18. The lowest BCUT2D eigenvalue weighted by Gasteiger charge is -2.34. The summed E-state index contributed by atoms with van der Waals surface area (Å²) in [5.41, 5.74) is 1.85. The summed E-state index contributed by atoms with van der Waals surface area (Å²) in [7, 11) is 0. The van der Waals surface area contributed by atoms with Crippen molar-refractivity contribution in [1.82, 2.24) is 10.2 Å². The summed E-state index contributed by atoms with van der Waals surface area (Å²) >= 11 is 0. The van der Waals surface area contributed by atoms with Crippen molar-refractivity contribution in [2.45, 2.75) is 63.9 Å². The number of hydrogen-bond acceptors (Lipinski definition) is 4. The van der Waals surface area contributed by atoms with Gasteiger partial charge in [0.05, 0.1) is 5.57 Å². The van der Waals surface area contributed by atoms with Gasteiger partial charge in [-0.3, -0.25) is 4.79 Å². The molecule has 2 heterocycles. The SMILES string of the molecule is CC1=C(C(=O)NCCN2CCC(Cc3ccccc3)CC2)C2(CCCCC2)OC1=O. The first-order valence-corrected chi connectivity index (χ1v) is 11.6. The molecule has 3 aliphatic rings. The van der Waals surface area contributed by atoms with E-state index in [9.17, 15) is 9.59 Å².